The van der Waals surface area contributed by atoms with Crippen LogP contribution in [0.1, 0.15) is 15.9 Å². The maximum absolute atomic E-state index is 10.5. The summed E-state index contributed by atoms with van der Waals surface area (Å²) in [7, 11) is 0. The lowest BCUT2D eigenvalue weighted by atomic mass is 10.1. The zero-order valence-electron chi connectivity index (χ0n) is 6.28. The Bertz CT molecular complexity index is 344. The summed E-state index contributed by atoms with van der Waals surface area (Å²) in [5.41, 5.74) is 4.05. The molecule has 0 radical (unpaired) electrons. The van der Waals surface area contributed by atoms with Crippen LogP contribution in [0.5, 0.6) is 5.75 Å². The molecule has 0 aliphatic carbocycles. The van der Waals surface area contributed by atoms with Crippen LogP contribution in [0.3, 0.4) is 0 Å². The van der Waals surface area contributed by atoms with Crippen molar-refractivity contribution in [3.8, 4) is 5.75 Å². The third-order valence-electron chi connectivity index (χ3n) is 1.69. The van der Waals surface area contributed by atoms with Crippen LogP contribution in [0.15, 0.2) is 24.4 Å². The second-order valence-corrected chi connectivity index (χ2v) is 2.44. The van der Waals surface area contributed by atoms with Gasteiger partial charge in [-0.25, -0.2) is 5.48 Å². The van der Waals surface area contributed by atoms with Crippen LogP contribution in [-0.2, 0) is 0 Å². The van der Waals surface area contributed by atoms with Gasteiger partial charge in [-0.15, -0.1) is 0 Å². The van der Waals surface area contributed by atoms with Gasteiger partial charge >= 0.3 is 0 Å². The minimum absolute atomic E-state index is 0.560. The number of nitrogens with one attached hydrogen (secondary N) is 1. The zero-order chi connectivity index (χ0) is 8.39. The normalized spacial score (nSPS) is 12.7. The largest absolute Gasteiger partial charge is 0.381 e. The predicted molar refractivity (Wildman–Crippen MR) is 44.6 cm³/mol. The van der Waals surface area contributed by atoms with Gasteiger partial charge in [0.25, 0.3) is 0 Å². The second-order valence-electron chi connectivity index (χ2n) is 2.44. The Morgan fingerprint density at radius 1 is 1.42 bits per heavy atom. The van der Waals surface area contributed by atoms with Gasteiger partial charge in [0.15, 0.2) is 12.0 Å². The summed E-state index contributed by atoms with van der Waals surface area (Å²) in [5.74, 6) is 0.593. The first kappa shape index (κ1) is 6.91. The van der Waals surface area contributed by atoms with Crippen LogP contribution in [0.2, 0.25) is 0 Å². The molecule has 0 fully saturated rings. The summed E-state index contributed by atoms with van der Waals surface area (Å²) >= 11 is 0. The number of benzene rings is 1. The molecule has 1 aromatic carbocycles. The van der Waals surface area contributed by atoms with E-state index >= 15 is 0 Å². The number of para-hydroxylation sites is 1. The van der Waals surface area contributed by atoms with Crippen LogP contribution >= 0.6 is 0 Å². The van der Waals surface area contributed by atoms with E-state index in [4.69, 9.17) is 4.84 Å². The van der Waals surface area contributed by atoms with Crippen molar-refractivity contribution in [2.45, 2.75) is 0 Å². The maximum Gasteiger partial charge on any atom is 0.172 e. The minimum atomic E-state index is 0.560. The Balaban J connectivity index is 2.60. The van der Waals surface area contributed by atoms with Crippen molar-refractivity contribution in [1.82, 2.24) is 5.48 Å². The molecule has 0 saturated heterocycles. The van der Waals surface area contributed by atoms with Gasteiger partial charge in [0, 0.05) is 11.8 Å². The molecule has 60 valence electrons. The molecule has 1 aromatic rings. The van der Waals surface area contributed by atoms with E-state index in [-0.39, 0.29) is 0 Å². The standard InChI is InChI=1S/C9H7NO2/c11-6-8-3-1-2-7-4-5-10-12-9(7)8/h1-6,10H. The fraction of sp³-hybridized carbons (Fsp3) is 0. The van der Waals surface area contributed by atoms with Crippen molar-refractivity contribution in [2.75, 3.05) is 0 Å². The van der Waals surface area contributed by atoms with E-state index in [1.54, 1.807) is 12.3 Å². The van der Waals surface area contributed by atoms with Crippen molar-refractivity contribution in [1.29, 1.82) is 0 Å². The summed E-state index contributed by atoms with van der Waals surface area (Å²) in [4.78, 5) is 15.6. The Morgan fingerprint density at radius 3 is 3.17 bits per heavy atom. The number of hydrogen-bond acceptors (Lipinski definition) is 3. The predicted octanol–water partition coefficient (Wildman–Crippen LogP) is 1.37. The molecule has 0 saturated carbocycles. The number of carbonyl (C=O) groups excluding carboxylic acids is 1. The minimum Gasteiger partial charge on any atom is -0.381 e. The molecular weight excluding hydrogens is 154 g/mol. The number of hydroxylamine groups is 1. The monoisotopic (exact) mass is 161 g/mol. The van der Waals surface area contributed by atoms with Crippen LogP contribution in [0.4, 0.5) is 0 Å². The van der Waals surface area contributed by atoms with E-state index in [9.17, 15) is 4.79 Å². The summed E-state index contributed by atoms with van der Waals surface area (Å²) in [5, 5.41) is 0. The maximum atomic E-state index is 10.5. The Labute approximate surface area is 69.6 Å². The lowest BCUT2D eigenvalue weighted by molar-refractivity contribution is 0.111. The molecule has 0 atom stereocenters. The molecule has 0 unspecified atom stereocenters. The van der Waals surface area contributed by atoms with Crippen molar-refractivity contribution in [2.24, 2.45) is 0 Å². The second kappa shape index (κ2) is 2.70. The van der Waals surface area contributed by atoms with E-state index in [1.807, 2.05) is 18.2 Å². The van der Waals surface area contributed by atoms with Crippen LogP contribution in [0.25, 0.3) is 6.08 Å². The van der Waals surface area contributed by atoms with Gasteiger partial charge in [-0.1, -0.05) is 12.1 Å². The highest BCUT2D eigenvalue weighted by Crippen LogP contribution is 2.25. The Hall–Kier alpha value is -1.77. The van der Waals surface area contributed by atoms with Crippen LogP contribution in [0, 0.1) is 0 Å². The highest BCUT2D eigenvalue weighted by atomic mass is 16.6. The average molecular weight is 161 g/mol. The number of carbonyl (C=O) groups is 1. The van der Waals surface area contributed by atoms with E-state index < -0.39 is 0 Å². The quantitative estimate of drug-likeness (QED) is 0.632. The molecule has 12 heavy (non-hydrogen) atoms. The van der Waals surface area contributed by atoms with Gasteiger partial charge in [-0.2, -0.15) is 0 Å². The topological polar surface area (TPSA) is 38.3 Å². The number of rotatable bonds is 1. The first-order chi connectivity index (χ1) is 5.92. The smallest absolute Gasteiger partial charge is 0.172 e. The fourth-order valence-corrected chi connectivity index (χ4v) is 1.13. The SMILES string of the molecule is O=Cc1cccc2c1ONC=C2. The number of aldehydes is 1. The van der Waals surface area contributed by atoms with E-state index in [0.29, 0.717) is 11.3 Å². The summed E-state index contributed by atoms with van der Waals surface area (Å²) < 4.78 is 0. The fourth-order valence-electron chi connectivity index (χ4n) is 1.13. The highest BCUT2D eigenvalue weighted by Gasteiger charge is 2.09. The van der Waals surface area contributed by atoms with Gasteiger partial charge in [0.05, 0.1) is 5.56 Å². The van der Waals surface area contributed by atoms with Crippen LogP contribution in [-0.4, -0.2) is 6.29 Å². The van der Waals surface area contributed by atoms with Gasteiger partial charge < -0.3 is 4.84 Å². The molecule has 3 heteroatoms. The van der Waals surface area contributed by atoms with E-state index in [1.165, 1.54) is 0 Å². The Kier molecular flexibility index (Phi) is 1.55. The van der Waals surface area contributed by atoms with E-state index in [2.05, 4.69) is 5.48 Å². The average Bonchev–Trinajstić information content (AvgIpc) is 2.17. The highest BCUT2D eigenvalue weighted by molar-refractivity contribution is 5.82. The lowest BCUT2D eigenvalue weighted by Crippen LogP contribution is -2.15. The third-order valence-corrected chi connectivity index (χ3v) is 1.69. The van der Waals surface area contributed by atoms with Crippen molar-refractivity contribution < 1.29 is 9.63 Å². The summed E-state index contributed by atoms with van der Waals surface area (Å²) in [6.45, 7) is 0. The molecule has 3 nitrogen and oxygen atoms in total. The van der Waals surface area contributed by atoms with Gasteiger partial charge in [0.2, 0.25) is 0 Å². The Morgan fingerprint density at radius 2 is 2.33 bits per heavy atom. The van der Waals surface area contributed by atoms with Crippen LogP contribution < -0.4 is 10.3 Å². The molecule has 2 rings (SSSR count). The zero-order valence-corrected chi connectivity index (χ0v) is 6.28. The van der Waals surface area contributed by atoms with Gasteiger partial charge in [-0.05, 0) is 12.1 Å². The molecule has 1 aliphatic rings. The van der Waals surface area contributed by atoms with Gasteiger partial charge in [-0.3, -0.25) is 4.79 Å². The van der Waals surface area contributed by atoms with E-state index in [0.717, 1.165) is 11.8 Å². The third kappa shape index (κ3) is 0.955. The lowest BCUT2D eigenvalue weighted by Gasteiger charge is -2.13. The summed E-state index contributed by atoms with van der Waals surface area (Å²) in [6, 6.07) is 5.42. The van der Waals surface area contributed by atoms with Crippen molar-refractivity contribution in [3.05, 3.63) is 35.5 Å². The van der Waals surface area contributed by atoms with Gasteiger partial charge in [0.1, 0.15) is 0 Å². The molecule has 0 amide bonds. The number of hydrogen-bond donors (Lipinski definition) is 1. The molecule has 0 bridgehead atoms. The first-order valence-electron chi connectivity index (χ1n) is 3.59. The van der Waals surface area contributed by atoms with Crippen molar-refractivity contribution in [3.63, 3.8) is 0 Å². The van der Waals surface area contributed by atoms with Crippen molar-refractivity contribution >= 4 is 12.4 Å². The summed E-state index contributed by atoms with van der Waals surface area (Å²) in [6.07, 6.45) is 4.31. The molecule has 1 N–H and O–H groups in total. The molecule has 1 aliphatic heterocycles. The molecular formula is C9H7NO2. The number of fused-ring (bicyclic) bond motifs is 1. The molecule has 0 aromatic heterocycles. The first-order valence-corrected chi connectivity index (χ1v) is 3.59. The molecule has 1 heterocycles. The molecule has 0 spiro atoms.